The maximum atomic E-state index is 11.1. The Bertz CT molecular complexity index is 494. The van der Waals surface area contributed by atoms with E-state index in [1.165, 1.54) is 19.0 Å². The van der Waals surface area contributed by atoms with Crippen LogP contribution < -0.4 is 10.1 Å². The minimum Gasteiger partial charge on any atom is -0.478 e. The highest BCUT2D eigenvalue weighted by molar-refractivity contribution is 6.39. The molecule has 0 aromatic carbocycles. The van der Waals surface area contributed by atoms with Gasteiger partial charge in [0.2, 0.25) is 5.88 Å². The normalized spacial score (nSPS) is 17.9. The van der Waals surface area contributed by atoms with E-state index in [2.05, 4.69) is 10.3 Å². The summed E-state index contributed by atoms with van der Waals surface area (Å²) in [5, 5.41) is 12.4. The summed E-state index contributed by atoms with van der Waals surface area (Å²) in [6.07, 6.45) is 5.64. The summed E-state index contributed by atoms with van der Waals surface area (Å²) in [5.41, 5.74) is -0.172. The number of aromatic carboxylic acids is 1. The molecular formula is C13H17Cl3N2O3. The topological polar surface area (TPSA) is 71.5 Å². The van der Waals surface area contributed by atoms with E-state index in [9.17, 15) is 4.79 Å². The average molecular weight is 356 g/mol. The van der Waals surface area contributed by atoms with Crippen LogP contribution in [0.5, 0.6) is 5.88 Å². The zero-order valence-corrected chi connectivity index (χ0v) is 13.6. The van der Waals surface area contributed by atoms with E-state index < -0.39 is 5.97 Å². The maximum absolute atomic E-state index is 11.1. The molecule has 1 aromatic rings. The highest BCUT2D eigenvalue weighted by Crippen LogP contribution is 2.31. The van der Waals surface area contributed by atoms with Gasteiger partial charge in [-0.3, -0.25) is 0 Å². The van der Waals surface area contributed by atoms with Gasteiger partial charge >= 0.3 is 5.97 Å². The van der Waals surface area contributed by atoms with Gasteiger partial charge < -0.3 is 15.2 Å². The van der Waals surface area contributed by atoms with Gasteiger partial charge in [-0.2, -0.15) is 0 Å². The highest BCUT2D eigenvalue weighted by atomic mass is 35.5. The molecule has 2 heterocycles. The molecule has 1 aliphatic heterocycles. The first-order valence-electron chi connectivity index (χ1n) is 6.53. The first kappa shape index (κ1) is 18.3. The van der Waals surface area contributed by atoms with Crippen molar-refractivity contribution in [3.63, 3.8) is 0 Å². The van der Waals surface area contributed by atoms with Crippen LogP contribution in [0.2, 0.25) is 10.0 Å². The molecule has 0 radical (unpaired) electrons. The molecule has 2 rings (SSSR count). The molecule has 1 saturated heterocycles. The number of carboxylic acid groups (broad SMARTS) is 1. The lowest BCUT2D eigenvalue weighted by molar-refractivity contribution is 0.0696. The van der Waals surface area contributed by atoms with Crippen molar-refractivity contribution >= 4 is 41.6 Å². The molecule has 1 aliphatic rings. The molecule has 0 aliphatic carbocycles. The lowest BCUT2D eigenvalue weighted by Crippen LogP contribution is -2.35. The Labute approximate surface area is 139 Å². The Hall–Kier alpha value is -0.750. The molecule has 8 heteroatoms. The fourth-order valence-electron chi connectivity index (χ4n) is 2.21. The van der Waals surface area contributed by atoms with Crippen molar-refractivity contribution in [3.05, 3.63) is 21.8 Å². The predicted octanol–water partition coefficient (Wildman–Crippen LogP) is 3.42. The van der Waals surface area contributed by atoms with E-state index in [0.29, 0.717) is 12.6 Å². The van der Waals surface area contributed by atoms with E-state index >= 15 is 0 Å². The minimum absolute atomic E-state index is 0. The second kappa shape index (κ2) is 8.63. The first-order valence-corrected chi connectivity index (χ1v) is 7.28. The smallest absolute Gasteiger partial charge is 0.339 e. The summed E-state index contributed by atoms with van der Waals surface area (Å²) in [6, 6.07) is 0.439. The van der Waals surface area contributed by atoms with Crippen molar-refractivity contribution in [2.24, 2.45) is 0 Å². The summed E-state index contributed by atoms with van der Waals surface area (Å²) in [7, 11) is 0. The second-order valence-electron chi connectivity index (χ2n) is 4.69. The van der Waals surface area contributed by atoms with Crippen molar-refractivity contribution in [2.75, 3.05) is 13.2 Å². The molecule has 1 unspecified atom stereocenters. The number of carbonyl (C=O) groups is 1. The fraction of sp³-hybridized carbons (Fsp3) is 0.538. The van der Waals surface area contributed by atoms with Crippen molar-refractivity contribution in [1.29, 1.82) is 0 Å². The van der Waals surface area contributed by atoms with Gasteiger partial charge in [0.15, 0.2) is 0 Å². The third-order valence-corrected chi connectivity index (χ3v) is 3.91. The Kier molecular flexibility index (Phi) is 7.52. The Morgan fingerprint density at radius 1 is 1.48 bits per heavy atom. The molecule has 1 aromatic heterocycles. The molecule has 0 bridgehead atoms. The summed E-state index contributed by atoms with van der Waals surface area (Å²) in [6.45, 7) is 1.47. The molecule has 5 nitrogen and oxygen atoms in total. The Balaban J connectivity index is 0.00000220. The van der Waals surface area contributed by atoms with Crippen LogP contribution >= 0.6 is 35.6 Å². The van der Waals surface area contributed by atoms with E-state index in [-0.39, 0.29) is 33.9 Å². The lowest BCUT2D eigenvalue weighted by Gasteiger charge is -2.23. The number of hydrogen-bond acceptors (Lipinski definition) is 4. The monoisotopic (exact) mass is 354 g/mol. The zero-order chi connectivity index (χ0) is 14.5. The SMILES string of the molecule is Cl.O=C(O)c1c(Cl)cnc(OCCC2CCCCN2)c1Cl. The van der Waals surface area contributed by atoms with Gasteiger partial charge in [0, 0.05) is 6.04 Å². The number of piperidine rings is 1. The van der Waals surface area contributed by atoms with E-state index in [0.717, 1.165) is 19.4 Å². The van der Waals surface area contributed by atoms with Crippen molar-refractivity contribution in [2.45, 2.75) is 31.7 Å². The van der Waals surface area contributed by atoms with Gasteiger partial charge in [-0.25, -0.2) is 9.78 Å². The number of nitrogens with zero attached hydrogens (tertiary/aromatic N) is 1. The Morgan fingerprint density at radius 3 is 2.86 bits per heavy atom. The van der Waals surface area contributed by atoms with Crippen LogP contribution in [0.15, 0.2) is 6.20 Å². The predicted molar refractivity (Wildman–Crippen MR) is 84.2 cm³/mol. The van der Waals surface area contributed by atoms with Crippen LogP contribution in [0.4, 0.5) is 0 Å². The number of ether oxygens (including phenoxy) is 1. The molecule has 1 atom stereocenters. The third kappa shape index (κ3) is 4.88. The largest absolute Gasteiger partial charge is 0.478 e. The van der Waals surface area contributed by atoms with Gasteiger partial charge in [-0.15, -0.1) is 12.4 Å². The number of rotatable bonds is 5. The number of hydrogen-bond donors (Lipinski definition) is 2. The first-order chi connectivity index (χ1) is 9.59. The van der Waals surface area contributed by atoms with Crippen LogP contribution in [0.1, 0.15) is 36.0 Å². The van der Waals surface area contributed by atoms with Gasteiger partial charge in [-0.05, 0) is 25.8 Å². The fourth-order valence-corrected chi connectivity index (χ4v) is 2.77. The van der Waals surface area contributed by atoms with Gasteiger partial charge in [0.1, 0.15) is 10.6 Å². The number of aromatic nitrogens is 1. The number of pyridine rings is 1. The summed E-state index contributed by atoms with van der Waals surface area (Å²) in [5.74, 6) is -1.08. The molecule has 1 fully saturated rings. The van der Waals surface area contributed by atoms with Crippen molar-refractivity contribution < 1.29 is 14.6 Å². The van der Waals surface area contributed by atoms with Crippen LogP contribution in [-0.4, -0.2) is 35.3 Å². The molecule has 0 spiro atoms. The Morgan fingerprint density at radius 2 is 2.24 bits per heavy atom. The molecular weight excluding hydrogens is 339 g/mol. The van der Waals surface area contributed by atoms with E-state index in [4.69, 9.17) is 33.0 Å². The third-order valence-electron chi connectivity index (χ3n) is 3.27. The van der Waals surface area contributed by atoms with E-state index in [1.807, 2.05) is 0 Å². The number of halogens is 3. The number of nitrogens with one attached hydrogen (secondary N) is 1. The molecule has 21 heavy (non-hydrogen) atoms. The van der Waals surface area contributed by atoms with Crippen LogP contribution in [0.3, 0.4) is 0 Å². The standard InChI is InChI=1S/C13H16Cl2N2O3.ClH/c14-9-7-17-12(11(15)10(9)13(18)19)20-6-4-8-3-1-2-5-16-8;/h7-8,16H,1-6H2,(H,18,19);1H. The molecule has 2 N–H and O–H groups in total. The quantitative estimate of drug-likeness (QED) is 0.847. The van der Waals surface area contributed by atoms with Gasteiger partial charge in [0.25, 0.3) is 0 Å². The number of carboxylic acids is 1. The van der Waals surface area contributed by atoms with Crippen molar-refractivity contribution in [3.8, 4) is 5.88 Å². The lowest BCUT2D eigenvalue weighted by atomic mass is 10.0. The van der Waals surface area contributed by atoms with Crippen molar-refractivity contribution in [1.82, 2.24) is 10.3 Å². The molecule has 0 amide bonds. The van der Waals surface area contributed by atoms with Gasteiger partial charge in [-0.1, -0.05) is 29.6 Å². The summed E-state index contributed by atoms with van der Waals surface area (Å²) >= 11 is 11.7. The maximum Gasteiger partial charge on any atom is 0.339 e. The summed E-state index contributed by atoms with van der Waals surface area (Å²) < 4.78 is 5.48. The zero-order valence-electron chi connectivity index (χ0n) is 11.3. The van der Waals surface area contributed by atoms with E-state index in [1.54, 1.807) is 0 Å². The second-order valence-corrected chi connectivity index (χ2v) is 5.47. The molecule has 118 valence electrons. The van der Waals surface area contributed by atoms with Crippen LogP contribution in [0.25, 0.3) is 0 Å². The summed E-state index contributed by atoms with van der Waals surface area (Å²) in [4.78, 5) is 15.0. The molecule has 0 saturated carbocycles. The van der Waals surface area contributed by atoms with Gasteiger partial charge in [0.05, 0.1) is 17.8 Å². The average Bonchev–Trinajstić information content (AvgIpc) is 2.42. The van der Waals surface area contributed by atoms with Crippen LogP contribution in [0, 0.1) is 0 Å². The highest BCUT2D eigenvalue weighted by Gasteiger charge is 2.19. The van der Waals surface area contributed by atoms with Crippen LogP contribution in [-0.2, 0) is 0 Å². The minimum atomic E-state index is -1.19.